The smallest absolute Gasteiger partial charge is 0.416 e. The fraction of sp³-hybridized carbons (Fsp3) is 0.407. The lowest BCUT2D eigenvalue weighted by Crippen LogP contribution is -2.12. The lowest BCUT2D eigenvalue weighted by Gasteiger charge is -2.19. The van der Waals surface area contributed by atoms with Crippen LogP contribution in [0.3, 0.4) is 0 Å². The number of ether oxygens (including phenoxy) is 2. The van der Waals surface area contributed by atoms with Gasteiger partial charge in [-0.25, -0.2) is 0 Å². The number of rotatable bonds is 8. The minimum absolute atomic E-state index is 0.0262. The second-order valence-electron chi connectivity index (χ2n) is 8.79. The minimum Gasteiger partial charge on any atom is -0.489 e. The molecule has 0 atom stereocenters. The molecule has 1 heterocycles. The molecule has 0 spiro atoms. The molecule has 0 amide bonds. The van der Waals surface area contributed by atoms with E-state index < -0.39 is 11.7 Å². The van der Waals surface area contributed by atoms with Crippen molar-refractivity contribution in [1.29, 1.82) is 5.26 Å². The number of hydrogen-bond donors (Lipinski definition) is 1. The van der Waals surface area contributed by atoms with Crippen LogP contribution in [0.1, 0.15) is 72.9 Å². The van der Waals surface area contributed by atoms with Gasteiger partial charge in [0.25, 0.3) is 0 Å². The van der Waals surface area contributed by atoms with Crippen molar-refractivity contribution in [2.45, 2.75) is 64.1 Å². The maximum absolute atomic E-state index is 13.8. The van der Waals surface area contributed by atoms with Crippen molar-refractivity contribution in [2.24, 2.45) is 0 Å². The molecular weight excluding hydrogens is 457 g/mol. The first-order chi connectivity index (χ1) is 16.8. The van der Waals surface area contributed by atoms with Crippen LogP contribution in [0, 0.1) is 11.3 Å². The molecule has 2 aromatic carbocycles. The van der Waals surface area contributed by atoms with Crippen molar-refractivity contribution < 1.29 is 27.4 Å². The normalized spacial score (nSPS) is 14.3. The molecule has 5 nitrogen and oxygen atoms in total. The third kappa shape index (κ3) is 5.61. The Morgan fingerprint density at radius 3 is 2.63 bits per heavy atom. The van der Waals surface area contributed by atoms with Crippen LogP contribution in [-0.4, -0.2) is 17.6 Å². The fourth-order valence-corrected chi connectivity index (χ4v) is 4.79. The molecule has 1 saturated carbocycles. The Morgan fingerprint density at radius 1 is 1.17 bits per heavy atom. The molecule has 1 aliphatic rings. The van der Waals surface area contributed by atoms with Crippen LogP contribution >= 0.6 is 0 Å². The van der Waals surface area contributed by atoms with Crippen LogP contribution in [-0.2, 0) is 28.7 Å². The highest BCUT2D eigenvalue weighted by atomic mass is 19.4. The van der Waals surface area contributed by atoms with Crippen molar-refractivity contribution in [3.63, 3.8) is 0 Å². The number of nitriles is 1. The average molecular weight is 485 g/mol. The van der Waals surface area contributed by atoms with E-state index in [1.54, 1.807) is 37.3 Å². The largest absolute Gasteiger partial charge is 0.489 e. The number of nitrogens with zero attached hydrogens (tertiary/aromatic N) is 1. The maximum Gasteiger partial charge on any atom is 0.416 e. The number of benzene rings is 2. The number of fused-ring (bicyclic) bond motifs is 1. The number of aromatic nitrogens is 1. The monoisotopic (exact) mass is 484 g/mol. The van der Waals surface area contributed by atoms with Gasteiger partial charge in [-0.3, -0.25) is 4.79 Å². The molecular formula is C27H27F3N2O3. The Balaban J connectivity index is 1.52. The predicted octanol–water partition coefficient (Wildman–Crippen LogP) is 6.79. The number of carbonyl (C=O) groups excluding carboxylic acids is 1. The first-order valence-corrected chi connectivity index (χ1v) is 11.8. The topological polar surface area (TPSA) is 75.1 Å². The van der Waals surface area contributed by atoms with Crippen molar-refractivity contribution in [3.05, 3.63) is 64.3 Å². The summed E-state index contributed by atoms with van der Waals surface area (Å²) in [5, 5.41) is 10.3. The summed E-state index contributed by atoms with van der Waals surface area (Å²) < 4.78 is 52.0. The van der Waals surface area contributed by atoms with E-state index in [1.165, 1.54) is 6.07 Å². The van der Waals surface area contributed by atoms with Crippen LogP contribution in [0.25, 0.3) is 10.9 Å². The number of esters is 1. The Labute approximate surface area is 201 Å². The standard InChI is InChI=1S/C27H27F3N2O3/c1-2-34-26(33)12-11-25-22(15-31)21-14-19(8-10-24(21)32-25)35-16-17-7-9-20(18-5-3-4-6-18)23(13-17)27(28,29)30/h7-10,13-14,18,32H,2-6,11-12,16H2,1H3. The third-order valence-electron chi connectivity index (χ3n) is 6.47. The van der Waals surface area contributed by atoms with E-state index in [9.17, 15) is 23.2 Å². The summed E-state index contributed by atoms with van der Waals surface area (Å²) >= 11 is 0. The molecule has 1 aromatic heterocycles. The van der Waals surface area contributed by atoms with Crippen LogP contribution in [0.15, 0.2) is 36.4 Å². The minimum atomic E-state index is -4.42. The van der Waals surface area contributed by atoms with E-state index in [2.05, 4.69) is 11.1 Å². The van der Waals surface area contributed by atoms with E-state index in [4.69, 9.17) is 9.47 Å². The first kappa shape index (κ1) is 24.6. The Bertz CT molecular complexity index is 1250. The van der Waals surface area contributed by atoms with Gasteiger partial charge in [-0.15, -0.1) is 0 Å². The molecule has 4 rings (SSSR count). The summed E-state index contributed by atoms with van der Waals surface area (Å²) in [6, 6.07) is 11.8. The Kier molecular flexibility index (Phi) is 7.34. The van der Waals surface area contributed by atoms with Gasteiger partial charge in [0.15, 0.2) is 0 Å². The van der Waals surface area contributed by atoms with Crippen LogP contribution in [0.5, 0.6) is 5.75 Å². The van der Waals surface area contributed by atoms with Crippen LogP contribution < -0.4 is 4.74 Å². The number of aromatic amines is 1. The SMILES string of the molecule is CCOC(=O)CCc1[nH]c2ccc(OCc3ccc(C4CCCC4)c(C(F)(F)F)c3)cc2c1C#N. The van der Waals surface area contributed by atoms with Crippen LogP contribution in [0.2, 0.25) is 0 Å². The van der Waals surface area contributed by atoms with Gasteiger partial charge in [0, 0.05) is 16.6 Å². The highest BCUT2D eigenvalue weighted by Gasteiger charge is 2.36. The number of nitrogens with one attached hydrogen (secondary N) is 1. The van der Waals surface area contributed by atoms with Crippen molar-refractivity contribution >= 4 is 16.9 Å². The molecule has 0 unspecified atom stereocenters. The molecule has 1 fully saturated rings. The van der Waals surface area contributed by atoms with Crippen LogP contribution in [0.4, 0.5) is 13.2 Å². The summed E-state index contributed by atoms with van der Waals surface area (Å²) in [5.41, 5.74) is 1.99. The van der Waals surface area contributed by atoms with Gasteiger partial charge in [-0.1, -0.05) is 25.0 Å². The van der Waals surface area contributed by atoms with Gasteiger partial charge in [0.1, 0.15) is 18.4 Å². The average Bonchev–Trinajstić information content (AvgIpc) is 3.48. The Morgan fingerprint density at radius 2 is 1.94 bits per heavy atom. The molecule has 0 aliphatic heterocycles. The lowest BCUT2D eigenvalue weighted by molar-refractivity contribution is -0.143. The van der Waals surface area contributed by atoms with Gasteiger partial charge < -0.3 is 14.5 Å². The molecule has 35 heavy (non-hydrogen) atoms. The second kappa shape index (κ2) is 10.4. The fourth-order valence-electron chi connectivity index (χ4n) is 4.79. The third-order valence-corrected chi connectivity index (χ3v) is 6.47. The second-order valence-corrected chi connectivity index (χ2v) is 8.79. The van der Waals surface area contributed by atoms with E-state index in [0.717, 1.165) is 25.7 Å². The molecule has 0 radical (unpaired) electrons. The molecule has 1 N–H and O–H groups in total. The van der Waals surface area contributed by atoms with Crippen molar-refractivity contribution in [3.8, 4) is 11.8 Å². The zero-order valence-corrected chi connectivity index (χ0v) is 19.5. The van der Waals surface area contributed by atoms with E-state index in [1.807, 2.05) is 0 Å². The molecule has 1 aliphatic carbocycles. The summed E-state index contributed by atoms with van der Waals surface area (Å²) in [7, 11) is 0. The van der Waals surface area contributed by atoms with E-state index in [0.29, 0.717) is 52.1 Å². The van der Waals surface area contributed by atoms with Crippen molar-refractivity contribution in [2.75, 3.05) is 6.61 Å². The summed E-state index contributed by atoms with van der Waals surface area (Å²) in [5.74, 6) is 0.0645. The number of carbonyl (C=O) groups is 1. The van der Waals surface area contributed by atoms with Gasteiger partial charge in [-0.05, 0) is 67.5 Å². The molecule has 3 aromatic rings. The maximum atomic E-state index is 13.8. The number of hydrogen-bond acceptors (Lipinski definition) is 4. The van der Waals surface area contributed by atoms with Gasteiger partial charge in [-0.2, -0.15) is 18.4 Å². The highest BCUT2D eigenvalue weighted by Crippen LogP contribution is 2.42. The lowest BCUT2D eigenvalue weighted by atomic mass is 9.91. The summed E-state index contributed by atoms with van der Waals surface area (Å²) in [6.07, 6.45) is -0.429. The van der Waals surface area contributed by atoms with Gasteiger partial charge >= 0.3 is 12.1 Å². The highest BCUT2D eigenvalue weighted by molar-refractivity contribution is 5.88. The van der Waals surface area contributed by atoms with E-state index >= 15 is 0 Å². The predicted molar refractivity (Wildman–Crippen MR) is 125 cm³/mol. The molecule has 184 valence electrons. The van der Waals surface area contributed by atoms with Gasteiger partial charge in [0.2, 0.25) is 0 Å². The quantitative estimate of drug-likeness (QED) is 0.357. The first-order valence-electron chi connectivity index (χ1n) is 11.8. The molecule has 8 heteroatoms. The van der Waals surface area contributed by atoms with Crippen molar-refractivity contribution in [1.82, 2.24) is 4.98 Å². The number of alkyl halides is 3. The van der Waals surface area contributed by atoms with E-state index in [-0.39, 0.29) is 24.9 Å². The number of halogens is 3. The Hall–Kier alpha value is -3.47. The summed E-state index contributed by atoms with van der Waals surface area (Å²) in [6.45, 7) is 2.00. The zero-order chi connectivity index (χ0) is 25.0. The molecule has 0 bridgehead atoms. The van der Waals surface area contributed by atoms with Gasteiger partial charge in [0.05, 0.1) is 24.2 Å². The number of H-pyrrole nitrogens is 1. The zero-order valence-electron chi connectivity index (χ0n) is 19.5. The summed E-state index contributed by atoms with van der Waals surface area (Å²) in [4.78, 5) is 14.8. The molecule has 0 saturated heterocycles. The number of aryl methyl sites for hydroxylation is 1.